The van der Waals surface area contributed by atoms with E-state index in [4.69, 9.17) is 16.7 Å². The standard InChI is InChI=1S/C12H11ClF3N3O3/c13-6-1-2-9(17-3-6)18-11(22)19-4-7(10(20)21)8(5-19)12(14,15)16/h1-3,7-8H,4-5H2,(H,20,21)(H,17,18,22)/t7-,8-/m1/s1. The highest BCUT2D eigenvalue weighted by atomic mass is 35.5. The van der Waals surface area contributed by atoms with Crippen LogP contribution in [0.3, 0.4) is 0 Å². The molecule has 1 saturated heterocycles. The molecule has 22 heavy (non-hydrogen) atoms. The molecule has 10 heteroatoms. The van der Waals surface area contributed by atoms with Crippen LogP contribution in [0.25, 0.3) is 0 Å². The number of rotatable bonds is 2. The fourth-order valence-electron chi connectivity index (χ4n) is 2.19. The van der Waals surface area contributed by atoms with Gasteiger partial charge in [0, 0.05) is 19.3 Å². The molecule has 1 aliphatic heterocycles. The lowest BCUT2D eigenvalue weighted by Crippen LogP contribution is -2.35. The van der Waals surface area contributed by atoms with Gasteiger partial charge in [0.25, 0.3) is 0 Å². The number of alkyl halides is 3. The lowest BCUT2D eigenvalue weighted by Gasteiger charge is -2.18. The second-order valence-corrected chi connectivity index (χ2v) is 5.23. The molecule has 0 aromatic carbocycles. The van der Waals surface area contributed by atoms with Crippen LogP contribution < -0.4 is 5.32 Å². The van der Waals surface area contributed by atoms with Crippen LogP contribution in [0.5, 0.6) is 0 Å². The molecule has 1 aromatic rings. The van der Waals surface area contributed by atoms with Crippen molar-refractivity contribution in [2.75, 3.05) is 18.4 Å². The number of hydrogen-bond donors (Lipinski definition) is 2. The van der Waals surface area contributed by atoms with E-state index < -0.39 is 43.1 Å². The zero-order valence-electron chi connectivity index (χ0n) is 11.0. The van der Waals surface area contributed by atoms with Gasteiger partial charge in [-0.2, -0.15) is 13.2 Å². The molecular weight excluding hydrogens is 327 g/mol. The number of carbonyl (C=O) groups is 2. The average Bonchev–Trinajstić information content (AvgIpc) is 2.86. The molecule has 0 saturated carbocycles. The molecule has 1 aromatic heterocycles. The van der Waals surface area contributed by atoms with Gasteiger partial charge in [-0.15, -0.1) is 0 Å². The highest BCUT2D eigenvalue weighted by Gasteiger charge is 2.53. The fourth-order valence-corrected chi connectivity index (χ4v) is 2.30. The number of carboxylic acids is 1. The number of aromatic nitrogens is 1. The van der Waals surface area contributed by atoms with Crippen molar-refractivity contribution in [3.63, 3.8) is 0 Å². The molecule has 0 spiro atoms. The molecule has 1 aliphatic rings. The minimum atomic E-state index is -4.68. The van der Waals surface area contributed by atoms with Gasteiger partial charge < -0.3 is 10.0 Å². The molecule has 0 aliphatic carbocycles. The summed E-state index contributed by atoms with van der Waals surface area (Å²) in [5.41, 5.74) is 0. The number of nitrogens with one attached hydrogen (secondary N) is 1. The van der Waals surface area contributed by atoms with Crippen LogP contribution in [-0.4, -0.2) is 46.3 Å². The summed E-state index contributed by atoms with van der Waals surface area (Å²) in [7, 11) is 0. The fraction of sp³-hybridized carbons (Fsp3) is 0.417. The summed E-state index contributed by atoms with van der Waals surface area (Å²) in [6, 6.07) is 1.99. The topological polar surface area (TPSA) is 82.5 Å². The van der Waals surface area contributed by atoms with Crippen molar-refractivity contribution in [2.24, 2.45) is 11.8 Å². The van der Waals surface area contributed by atoms with Crippen molar-refractivity contribution in [1.82, 2.24) is 9.88 Å². The smallest absolute Gasteiger partial charge is 0.394 e. The third-order valence-corrected chi connectivity index (χ3v) is 3.53. The number of urea groups is 1. The second kappa shape index (κ2) is 5.99. The third kappa shape index (κ3) is 3.59. The molecule has 0 radical (unpaired) electrons. The summed E-state index contributed by atoms with van der Waals surface area (Å²) < 4.78 is 38.5. The van der Waals surface area contributed by atoms with Gasteiger partial charge in [-0.1, -0.05) is 11.6 Å². The summed E-state index contributed by atoms with van der Waals surface area (Å²) in [6.45, 7) is -1.22. The Morgan fingerprint density at radius 2 is 2.05 bits per heavy atom. The first-order chi connectivity index (χ1) is 10.2. The van der Waals surface area contributed by atoms with Crippen molar-refractivity contribution < 1.29 is 27.9 Å². The van der Waals surface area contributed by atoms with E-state index in [9.17, 15) is 22.8 Å². The van der Waals surface area contributed by atoms with Crippen LogP contribution in [0.15, 0.2) is 18.3 Å². The number of pyridine rings is 1. The van der Waals surface area contributed by atoms with E-state index in [1.807, 2.05) is 0 Å². The van der Waals surface area contributed by atoms with E-state index in [2.05, 4.69) is 10.3 Å². The van der Waals surface area contributed by atoms with Crippen LogP contribution in [0, 0.1) is 11.8 Å². The molecule has 1 fully saturated rings. The van der Waals surface area contributed by atoms with Crippen LogP contribution >= 0.6 is 11.6 Å². The number of halogens is 4. The molecular formula is C12H11ClF3N3O3. The Labute approximate surface area is 127 Å². The summed E-state index contributed by atoms with van der Waals surface area (Å²) >= 11 is 5.62. The quantitative estimate of drug-likeness (QED) is 0.868. The molecule has 2 heterocycles. The molecule has 2 N–H and O–H groups in total. The van der Waals surface area contributed by atoms with Crippen LogP contribution in [0.1, 0.15) is 0 Å². The molecule has 6 nitrogen and oxygen atoms in total. The molecule has 2 rings (SSSR count). The highest BCUT2D eigenvalue weighted by Crippen LogP contribution is 2.37. The largest absolute Gasteiger partial charge is 0.481 e. The first-order valence-corrected chi connectivity index (χ1v) is 6.53. The summed E-state index contributed by atoms with van der Waals surface area (Å²) in [5.74, 6) is -5.24. The third-order valence-electron chi connectivity index (χ3n) is 3.31. The van der Waals surface area contributed by atoms with Gasteiger partial charge in [0.15, 0.2) is 0 Å². The zero-order chi connectivity index (χ0) is 16.5. The zero-order valence-corrected chi connectivity index (χ0v) is 11.7. The Morgan fingerprint density at radius 3 is 2.50 bits per heavy atom. The van der Waals surface area contributed by atoms with Gasteiger partial charge >= 0.3 is 18.2 Å². The van der Waals surface area contributed by atoms with Gasteiger partial charge in [-0.05, 0) is 12.1 Å². The number of anilines is 1. The van der Waals surface area contributed by atoms with Gasteiger partial charge in [0.05, 0.1) is 16.9 Å². The first-order valence-electron chi connectivity index (χ1n) is 6.15. The normalized spacial score (nSPS) is 21.7. The number of carboxylic acid groups (broad SMARTS) is 1. The summed E-state index contributed by atoms with van der Waals surface area (Å²) in [5, 5.41) is 11.5. The highest BCUT2D eigenvalue weighted by molar-refractivity contribution is 6.30. The molecule has 120 valence electrons. The van der Waals surface area contributed by atoms with E-state index in [1.54, 1.807) is 0 Å². The molecule has 2 atom stereocenters. The van der Waals surface area contributed by atoms with Gasteiger partial charge in [-0.25, -0.2) is 9.78 Å². The van der Waals surface area contributed by atoms with Gasteiger partial charge in [0.1, 0.15) is 5.82 Å². The monoisotopic (exact) mass is 337 g/mol. The Balaban J connectivity index is 2.08. The first kappa shape index (κ1) is 16.3. The lowest BCUT2D eigenvalue weighted by molar-refractivity contribution is -0.187. The van der Waals surface area contributed by atoms with E-state index in [0.717, 1.165) is 4.90 Å². The van der Waals surface area contributed by atoms with Crippen molar-refractivity contribution in [3.8, 4) is 0 Å². The molecule has 0 bridgehead atoms. The van der Waals surface area contributed by atoms with Crippen molar-refractivity contribution in [2.45, 2.75) is 6.18 Å². The van der Waals surface area contributed by atoms with Crippen molar-refractivity contribution >= 4 is 29.4 Å². The minimum absolute atomic E-state index is 0.108. The maximum absolute atomic E-state index is 12.8. The van der Waals surface area contributed by atoms with Crippen LogP contribution in [-0.2, 0) is 4.79 Å². The summed E-state index contributed by atoms with van der Waals surface area (Å²) in [6.07, 6.45) is -3.42. The number of likely N-dealkylation sites (tertiary alicyclic amines) is 1. The predicted molar refractivity (Wildman–Crippen MR) is 70.5 cm³/mol. The molecule has 2 amide bonds. The predicted octanol–water partition coefficient (Wildman–Crippen LogP) is 2.46. The lowest BCUT2D eigenvalue weighted by atomic mass is 9.96. The minimum Gasteiger partial charge on any atom is -0.481 e. The van der Waals surface area contributed by atoms with E-state index in [-0.39, 0.29) is 5.82 Å². The van der Waals surface area contributed by atoms with Crippen molar-refractivity contribution in [1.29, 1.82) is 0 Å². The Morgan fingerprint density at radius 1 is 1.36 bits per heavy atom. The number of amides is 2. The summed E-state index contributed by atoms with van der Waals surface area (Å²) in [4.78, 5) is 27.5. The number of nitrogens with zero attached hydrogens (tertiary/aromatic N) is 2. The maximum Gasteiger partial charge on any atom is 0.394 e. The number of aliphatic carboxylic acids is 1. The SMILES string of the molecule is O=C(O)[C@@H]1CN(C(=O)Nc2ccc(Cl)cn2)C[C@H]1C(F)(F)F. The van der Waals surface area contributed by atoms with E-state index in [1.165, 1.54) is 18.3 Å². The Bertz CT molecular complexity index is 579. The van der Waals surface area contributed by atoms with Gasteiger partial charge in [0.2, 0.25) is 0 Å². The van der Waals surface area contributed by atoms with E-state index in [0.29, 0.717) is 5.02 Å². The van der Waals surface area contributed by atoms with Crippen LogP contribution in [0.2, 0.25) is 5.02 Å². The average molecular weight is 338 g/mol. The number of carbonyl (C=O) groups excluding carboxylic acids is 1. The van der Waals surface area contributed by atoms with Gasteiger partial charge in [-0.3, -0.25) is 10.1 Å². The molecule has 0 unspecified atom stereocenters. The Kier molecular flexibility index (Phi) is 4.45. The Hall–Kier alpha value is -2.03. The number of hydrogen-bond acceptors (Lipinski definition) is 3. The second-order valence-electron chi connectivity index (χ2n) is 4.79. The maximum atomic E-state index is 12.8. The van der Waals surface area contributed by atoms with Crippen molar-refractivity contribution in [3.05, 3.63) is 23.4 Å². The van der Waals surface area contributed by atoms with E-state index >= 15 is 0 Å². The van der Waals surface area contributed by atoms with Crippen LogP contribution in [0.4, 0.5) is 23.8 Å².